The highest BCUT2D eigenvalue weighted by atomic mass is 79.9. The van der Waals surface area contributed by atoms with Crippen molar-refractivity contribution in [1.82, 2.24) is 39.9 Å². The predicted octanol–water partition coefficient (Wildman–Crippen LogP) is 14.5. The van der Waals surface area contributed by atoms with Gasteiger partial charge in [-0.1, -0.05) is 74.0 Å². The molecule has 5 N–H and O–H groups in total. The molecule has 4 aromatic heterocycles. The van der Waals surface area contributed by atoms with Crippen molar-refractivity contribution in [3.05, 3.63) is 245 Å². The number of carboxylic acid groups (broad SMARTS) is 2. The Morgan fingerprint density at radius 2 is 1.00 bits per heavy atom. The molecule has 80 heavy (non-hydrogen) atoms. The Morgan fingerprint density at radius 3 is 1.39 bits per heavy atom. The summed E-state index contributed by atoms with van der Waals surface area (Å²) in [6.45, 7) is 14.8. The number of nitrogens with two attached hydrogens (primary N) is 1. The van der Waals surface area contributed by atoms with E-state index in [9.17, 15) is 14.4 Å². The maximum absolute atomic E-state index is 12.6. The summed E-state index contributed by atoms with van der Waals surface area (Å²) in [5.74, 6) is 0.524. The Morgan fingerprint density at radius 1 is 0.550 bits per heavy atom. The van der Waals surface area contributed by atoms with Crippen LogP contribution in [0.5, 0.6) is 0 Å². The number of nitrogen functional groups attached to an aromatic ring is 1. The van der Waals surface area contributed by atoms with Gasteiger partial charge in [0.15, 0.2) is 0 Å². The van der Waals surface area contributed by atoms with Gasteiger partial charge in [0.25, 0.3) is 5.91 Å². The molecule has 1 amide bonds. The second-order valence-corrected chi connectivity index (χ2v) is 21.0. The van der Waals surface area contributed by atoms with Gasteiger partial charge in [-0.05, 0) is 134 Å². The molecule has 0 atom stereocenters. The fourth-order valence-electron chi connectivity index (χ4n) is 6.93. The van der Waals surface area contributed by atoms with Gasteiger partial charge in [-0.2, -0.15) is 0 Å². The van der Waals surface area contributed by atoms with Crippen LogP contribution in [0.4, 0.5) is 11.4 Å². The molecule has 0 spiro atoms. The molecule has 19 heteroatoms. The van der Waals surface area contributed by atoms with Crippen molar-refractivity contribution < 1.29 is 24.6 Å². The quantitative estimate of drug-likeness (QED) is 0.0313. The molecule has 9 aromatic rings. The number of alkyl halides is 1. The van der Waals surface area contributed by atoms with Crippen LogP contribution in [-0.4, -0.2) is 67.9 Å². The molecular formula is C61H65BrN10O5S3. The van der Waals surface area contributed by atoms with Crippen LogP contribution in [0.3, 0.4) is 0 Å². The second kappa shape index (κ2) is 35.6. The zero-order valence-corrected chi connectivity index (χ0v) is 49.6. The van der Waals surface area contributed by atoms with Gasteiger partial charge in [-0.3, -0.25) is 44.7 Å². The van der Waals surface area contributed by atoms with Crippen LogP contribution >= 0.6 is 52.1 Å². The SMILES string of the molecule is BrCc1cnccn1.Cc1cc(N)ccc1C(C)C.Cc1cc(NC(=O)c2cccc(SCc3cnccn3)c2)ccc1C(C)C.Cc1cnccn1.O=C(O)c1cccc(S)c1.O=C(O)c1cccc(SCc2cnccn2)c1. The third-order valence-corrected chi connectivity index (χ3v) is 13.7. The molecule has 0 radical (unpaired) electrons. The van der Waals surface area contributed by atoms with E-state index in [2.05, 4.69) is 127 Å². The molecule has 15 nitrogen and oxygen atoms in total. The summed E-state index contributed by atoms with van der Waals surface area (Å²) < 4.78 is 0. The van der Waals surface area contributed by atoms with E-state index >= 15 is 0 Å². The van der Waals surface area contributed by atoms with Crippen LogP contribution in [0, 0.1) is 20.8 Å². The number of carbonyl (C=O) groups excluding carboxylic acids is 1. The van der Waals surface area contributed by atoms with Gasteiger partial charge < -0.3 is 21.3 Å². The number of rotatable bonds is 13. The van der Waals surface area contributed by atoms with Crippen molar-refractivity contribution in [2.75, 3.05) is 11.1 Å². The first-order chi connectivity index (χ1) is 38.4. The fraction of sp³-hybridized carbons (Fsp3) is 0.197. The molecule has 0 saturated heterocycles. The van der Waals surface area contributed by atoms with Crippen molar-refractivity contribution in [1.29, 1.82) is 0 Å². The third-order valence-electron chi connectivity index (χ3n) is 10.8. The lowest BCUT2D eigenvalue weighted by Crippen LogP contribution is -2.12. The minimum Gasteiger partial charge on any atom is -0.478 e. The topological polar surface area (TPSA) is 233 Å². The Hall–Kier alpha value is -7.84. The van der Waals surface area contributed by atoms with Crippen LogP contribution in [0.2, 0.25) is 0 Å². The fourth-order valence-corrected chi connectivity index (χ4v) is 9.14. The Bertz CT molecular complexity index is 3300. The molecule has 0 aliphatic rings. The number of aromatic carboxylic acids is 2. The number of benzene rings is 5. The van der Waals surface area contributed by atoms with Crippen LogP contribution < -0.4 is 11.1 Å². The largest absolute Gasteiger partial charge is 0.478 e. The predicted molar refractivity (Wildman–Crippen MR) is 328 cm³/mol. The van der Waals surface area contributed by atoms with Gasteiger partial charge in [0, 0.05) is 123 Å². The molecular weight excluding hydrogens is 1130 g/mol. The lowest BCUT2D eigenvalue weighted by Gasteiger charge is -2.12. The maximum Gasteiger partial charge on any atom is 0.335 e. The van der Waals surface area contributed by atoms with Gasteiger partial charge in [-0.25, -0.2) is 9.59 Å². The van der Waals surface area contributed by atoms with E-state index in [4.69, 9.17) is 15.9 Å². The number of thiol groups is 1. The van der Waals surface area contributed by atoms with Crippen LogP contribution in [0.1, 0.15) is 116 Å². The summed E-state index contributed by atoms with van der Waals surface area (Å²) in [4.78, 5) is 68.4. The summed E-state index contributed by atoms with van der Waals surface area (Å²) >= 11 is 10.4. The number of halogens is 1. The Labute approximate surface area is 490 Å². The summed E-state index contributed by atoms with van der Waals surface area (Å²) in [6.07, 6.45) is 20.2. The molecule has 414 valence electrons. The second-order valence-electron chi connectivity index (χ2n) is 17.8. The summed E-state index contributed by atoms with van der Waals surface area (Å²) in [7, 11) is 0. The highest BCUT2D eigenvalue weighted by Gasteiger charge is 2.11. The van der Waals surface area contributed by atoms with E-state index in [1.807, 2.05) is 61.5 Å². The number of amides is 1. The standard InChI is InChI=1S/C22H23N3OS.C12H10N2O2S.C10H15N.C7H6O2S.C5H5BrN2.C5H6N2/c1-15(2)21-8-7-18(11-16(21)3)25-22(26)17-5-4-6-20(12-17)27-14-19-13-23-9-10-24-19;15-12(16)9-2-1-3-11(6-9)17-8-10-7-13-4-5-14-10;1-7(2)10-5-4-9(11)6-8(10)3;8-7(9)5-2-1-3-6(10)4-5;6-3-5-4-7-1-2-8-5;1-5-4-6-2-3-7-5/h4-13,15H,14H2,1-3H3,(H,25,26);1-7H,8H2,(H,15,16);4-7H,11H2,1-3H3;1-4,10H,(H,8,9);1-2,4H,3H2;2-4H,1H3. The Kier molecular flexibility index (Phi) is 28.8. The molecule has 0 aliphatic carbocycles. The lowest BCUT2D eigenvalue weighted by atomic mass is 9.97. The lowest BCUT2D eigenvalue weighted by molar-refractivity contribution is 0.0685. The molecule has 0 aliphatic heterocycles. The summed E-state index contributed by atoms with van der Waals surface area (Å²) in [5.41, 5.74) is 17.4. The summed E-state index contributed by atoms with van der Waals surface area (Å²) in [5, 5.41) is 21.1. The number of carboxylic acids is 2. The van der Waals surface area contributed by atoms with Crippen molar-refractivity contribution in [3.63, 3.8) is 0 Å². The first kappa shape index (κ1) is 64.7. The number of carbonyl (C=O) groups is 3. The molecule has 0 bridgehead atoms. The van der Waals surface area contributed by atoms with Crippen LogP contribution in [0.15, 0.2) is 198 Å². The average Bonchev–Trinajstić information content (AvgIpc) is 3.46. The van der Waals surface area contributed by atoms with Crippen molar-refractivity contribution in [2.24, 2.45) is 0 Å². The zero-order valence-electron chi connectivity index (χ0n) is 45.5. The van der Waals surface area contributed by atoms with Crippen LogP contribution in [0.25, 0.3) is 0 Å². The molecule has 0 unspecified atom stereocenters. The van der Waals surface area contributed by atoms with E-state index in [-0.39, 0.29) is 11.5 Å². The van der Waals surface area contributed by atoms with E-state index in [0.29, 0.717) is 33.6 Å². The number of hydrogen-bond acceptors (Lipinski definition) is 15. The van der Waals surface area contributed by atoms with Gasteiger partial charge in [-0.15, -0.1) is 36.2 Å². The Balaban J connectivity index is 0.000000223. The molecule has 9 rings (SSSR count). The highest BCUT2D eigenvalue weighted by Crippen LogP contribution is 2.26. The first-order valence-corrected chi connectivity index (χ1v) is 28.5. The van der Waals surface area contributed by atoms with E-state index < -0.39 is 11.9 Å². The molecule has 0 saturated carbocycles. The number of aryl methyl sites for hydroxylation is 3. The summed E-state index contributed by atoms with van der Waals surface area (Å²) in [6, 6.07) is 33.1. The first-order valence-electron chi connectivity index (χ1n) is 24.9. The average molecular weight is 1190 g/mol. The minimum absolute atomic E-state index is 0.103. The van der Waals surface area contributed by atoms with E-state index in [1.54, 1.807) is 116 Å². The van der Waals surface area contributed by atoms with E-state index in [0.717, 1.165) is 55.0 Å². The number of nitrogens with one attached hydrogen (secondary N) is 1. The number of aromatic nitrogens is 8. The zero-order chi connectivity index (χ0) is 58.2. The number of nitrogens with zero attached hydrogens (tertiary/aromatic N) is 8. The van der Waals surface area contributed by atoms with Crippen molar-refractivity contribution in [3.8, 4) is 0 Å². The van der Waals surface area contributed by atoms with E-state index in [1.165, 1.54) is 46.1 Å². The van der Waals surface area contributed by atoms with Crippen molar-refractivity contribution >= 4 is 81.3 Å². The van der Waals surface area contributed by atoms with Crippen LogP contribution in [-0.2, 0) is 16.8 Å². The number of hydrogen-bond donors (Lipinski definition) is 5. The highest BCUT2D eigenvalue weighted by molar-refractivity contribution is 9.08. The van der Waals surface area contributed by atoms with Gasteiger partial charge >= 0.3 is 11.9 Å². The van der Waals surface area contributed by atoms with Gasteiger partial charge in [0.05, 0.1) is 33.9 Å². The van der Waals surface area contributed by atoms with Crippen molar-refractivity contribution in [2.45, 2.75) is 91.8 Å². The minimum atomic E-state index is -0.920. The van der Waals surface area contributed by atoms with Gasteiger partial charge in [0.1, 0.15) is 0 Å². The molecule has 5 aromatic carbocycles. The maximum atomic E-state index is 12.6. The number of anilines is 2. The monoisotopic (exact) mass is 1190 g/mol. The number of thioether (sulfide) groups is 2. The normalized spacial score (nSPS) is 10.1. The van der Waals surface area contributed by atoms with Gasteiger partial charge in [0.2, 0.25) is 0 Å². The third kappa shape index (κ3) is 24.9. The molecule has 4 heterocycles. The molecule has 0 fully saturated rings. The smallest absolute Gasteiger partial charge is 0.335 e.